The molecule has 2 aliphatic rings. The van der Waals surface area contributed by atoms with E-state index in [2.05, 4.69) is 15.3 Å². The van der Waals surface area contributed by atoms with Crippen molar-refractivity contribution in [3.05, 3.63) is 18.1 Å². The number of amides is 3. The second kappa shape index (κ2) is 4.19. The minimum Gasteiger partial charge on any atom is -0.295 e. The van der Waals surface area contributed by atoms with Crippen molar-refractivity contribution in [3.8, 4) is 0 Å². The lowest BCUT2D eigenvalue weighted by molar-refractivity contribution is -0.135. The number of fused-ring (bicyclic) bond motifs is 1. The minimum atomic E-state index is -1.86. The Morgan fingerprint density at radius 3 is 2.68 bits per heavy atom. The van der Waals surface area contributed by atoms with E-state index in [-0.39, 0.29) is 23.6 Å². The first-order valence-corrected chi connectivity index (χ1v) is 6.60. The number of carbonyl (C=O) groups excluding carboxylic acids is 3. The summed E-state index contributed by atoms with van der Waals surface area (Å²) in [6, 6.07) is -0.929. The van der Waals surface area contributed by atoms with Gasteiger partial charge in [-0.25, -0.2) is 18.5 Å². The van der Waals surface area contributed by atoms with Gasteiger partial charge in [-0.2, -0.15) is 0 Å². The molecule has 8 nitrogen and oxygen atoms in total. The molecule has 2 atom stereocenters. The van der Waals surface area contributed by atoms with E-state index in [0.29, 0.717) is 0 Å². The molecule has 1 saturated heterocycles. The minimum absolute atomic E-state index is 0.00877. The summed E-state index contributed by atoms with van der Waals surface area (Å²) in [7, 11) is -1.86. The predicted molar refractivity (Wildman–Crippen MR) is 60.8 cm³/mol. The quantitative estimate of drug-likeness (QED) is 0.644. The standard InChI is InChI=1S/C10H8N4O4S/c15-6-2-1-5(8(16)13-6)14-10(17)7-9(19(14)18)12-4-3-11-7/h3-5H,1-2H2,(H,13,15,16). The number of nitrogens with zero attached hydrogens (tertiary/aromatic N) is 3. The number of hydrogen-bond acceptors (Lipinski definition) is 6. The first-order valence-electron chi connectivity index (χ1n) is 5.49. The van der Waals surface area contributed by atoms with E-state index >= 15 is 0 Å². The molecule has 3 amide bonds. The Hall–Kier alpha value is -2.16. The first kappa shape index (κ1) is 11.9. The molecule has 1 aromatic heterocycles. The summed E-state index contributed by atoms with van der Waals surface area (Å²) < 4.78 is 13.1. The third-order valence-electron chi connectivity index (χ3n) is 2.90. The van der Waals surface area contributed by atoms with Crippen molar-refractivity contribution < 1.29 is 18.6 Å². The average molecular weight is 280 g/mol. The highest BCUT2D eigenvalue weighted by atomic mass is 32.2. The number of nitrogens with one attached hydrogen (secondary N) is 1. The lowest BCUT2D eigenvalue weighted by Gasteiger charge is -2.27. The van der Waals surface area contributed by atoms with Crippen LogP contribution in [0.2, 0.25) is 0 Å². The van der Waals surface area contributed by atoms with Crippen LogP contribution >= 0.6 is 0 Å². The van der Waals surface area contributed by atoms with Crippen LogP contribution in [0, 0.1) is 0 Å². The van der Waals surface area contributed by atoms with Crippen molar-refractivity contribution in [2.75, 3.05) is 0 Å². The molecule has 19 heavy (non-hydrogen) atoms. The Kier molecular flexibility index (Phi) is 2.63. The van der Waals surface area contributed by atoms with Gasteiger partial charge in [0.25, 0.3) is 11.8 Å². The molecule has 3 rings (SSSR count). The van der Waals surface area contributed by atoms with Gasteiger partial charge < -0.3 is 0 Å². The number of carbonyl (C=O) groups is 3. The Morgan fingerprint density at radius 2 is 2.00 bits per heavy atom. The SMILES string of the molecule is O=C1CCC(N2C(=O)c3nccnc3S2=O)C(=O)N1. The van der Waals surface area contributed by atoms with Crippen LogP contribution in [0.4, 0.5) is 0 Å². The van der Waals surface area contributed by atoms with Gasteiger partial charge in [0.05, 0.1) is 0 Å². The summed E-state index contributed by atoms with van der Waals surface area (Å²) in [6.45, 7) is 0. The predicted octanol–water partition coefficient (Wildman–Crippen LogP) is -1.24. The zero-order chi connectivity index (χ0) is 13.6. The number of imide groups is 1. The van der Waals surface area contributed by atoms with E-state index in [1.54, 1.807) is 0 Å². The van der Waals surface area contributed by atoms with E-state index in [9.17, 15) is 18.6 Å². The Labute approximate surface area is 109 Å². The highest BCUT2D eigenvalue weighted by Crippen LogP contribution is 2.27. The van der Waals surface area contributed by atoms with Crippen LogP contribution in [0.1, 0.15) is 23.3 Å². The number of piperidine rings is 1. The molecule has 2 unspecified atom stereocenters. The molecule has 0 aromatic carbocycles. The number of rotatable bonds is 1. The Morgan fingerprint density at radius 1 is 1.26 bits per heavy atom. The summed E-state index contributed by atoms with van der Waals surface area (Å²) in [5, 5.41) is 2.18. The van der Waals surface area contributed by atoms with Crippen LogP contribution in [0.15, 0.2) is 17.4 Å². The maximum Gasteiger partial charge on any atom is 0.288 e. The first-order chi connectivity index (χ1) is 9.09. The van der Waals surface area contributed by atoms with Gasteiger partial charge >= 0.3 is 0 Å². The number of aromatic nitrogens is 2. The smallest absolute Gasteiger partial charge is 0.288 e. The monoisotopic (exact) mass is 280 g/mol. The molecule has 3 heterocycles. The van der Waals surface area contributed by atoms with Gasteiger partial charge in [-0.15, -0.1) is 0 Å². The van der Waals surface area contributed by atoms with Gasteiger partial charge in [-0.3, -0.25) is 19.7 Å². The molecule has 0 aliphatic carbocycles. The van der Waals surface area contributed by atoms with Gasteiger partial charge in [0.15, 0.2) is 21.7 Å². The lowest BCUT2D eigenvalue weighted by atomic mass is 10.1. The second-order valence-electron chi connectivity index (χ2n) is 4.06. The fourth-order valence-electron chi connectivity index (χ4n) is 2.04. The molecule has 1 N–H and O–H groups in total. The van der Waals surface area contributed by atoms with Crippen molar-refractivity contribution in [2.45, 2.75) is 23.9 Å². The van der Waals surface area contributed by atoms with Crippen LogP contribution in [-0.4, -0.2) is 42.2 Å². The van der Waals surface area contributed by atoms with Crippen LogP contribution < -0.4 is 5.32 Å². The van der Waals surface area contributed by atoms with Crippen molar-refractivity contribution in [1.29, 1.82) is 0 Å². The highest BCUT2D eigenvalue weighted by molar-refractivity contribution is 7.83. The second-order valence-corrected chi connectivity index (χ2v) is 5.34. The van der Waals surface area contributed by atoms with Crippen molar-refractivity contribution in [1.82, 2.24) is 19.6 Å². The van der Waals surface area contributed by atoms with E-state index in [1.165, 1.54) is 12.4 Å². The summed E-state index contributed by atoms with van der Waals surface area (Å²) in [4.78, 5) is 42.6. The third-order valence-corrected chi connectivity index (χ3v) is 4.31. The van der Waals surface area contributed by atoms with Crippen molar-refractivity contribution in [3.63, 3.8) is 0 Å². The summed E-state index contributed by atoms with van der Waals surface area (Å²) >= 11 is 0. The van der Waals surface area contributed by atoms with Gasteiger partial charge in [0.1, 0.15) is 6.04 Å². The highest BCUT2D eigenvalue weighted by Gasteiger charge is 2.45. The van der Waals surface area contributed by atoms with Gasteiger partial charge in [0.2, 0.25) is 5.91 Å². The van der Waals surface area contributed by atoms with E-state index in [1.807, 2.05) is 0 Å². The molecular weight excluding hydrogens is 272 g/mol. The molecule has 9 heteroatoms. The summed E-state index contributed by atoms with van der Waals surface area (Å²) in [5.74, 6) is -1.62. The van der Waals surface area contributed by atoms with Crippen LogP contribution in [0.3, 0.4) is 0 Å². The molecule has 1 fully saturated rings. The molecule has 0 bridgehead atoms. The fraction of sp³-hybridized carbons (Fsp3) is 0.300. The Balaban J connectivity index is 1.96. The average Bonchev–Trinajstić information content (AvgIpc) is 2.64. The topological polar surface area (TPSA) is 109 Å². The molecule has 0 spiro atoms. The fourth-order valence-corrected chi connectivity index (χ4v) is 3.35. The normalized spacial score (nSPS) is 26.3. The zero-order valence-corrected chi connectivity index (χ0v) is 10.3. The third kappa shape index (κ3) is 1.73. The maximum atomic E-state index is 12.2. The van der Waals surface area contributed by atoms with Gasteiger partial charge in [0, 0.05) is 18.8 Å². The van der Waals surface area contributed by atoms with Crippen molar-refractivity contribution >= 4 is 28.7 Å². The van der Waals surface area contributed by atoms with Gasteiger partial charge in [-0.1, -0.05) is 0 Å². The molecule has 2 aliphatic heterocycles. The van der Waals surface area contributed by atoms with Crippen molar-refractivity contribution in [2.24, 2.45) is 0 Å². The van der Waals surface area contributed by atoms with E-state index < -0.39 is 34.7 Å². The van der Waals surface area contributed by atoms with Crippen LogP contribution in [0.5, 0.6) is 0 Å². The van der Waals surface area contributed by atoms with Gasteiger partial charge in [-0.05, 0) is 6.42 Å². The molecular formula is C10H8N4O4S. The molecule has 0 radical (unpaired) electrons. The van der Waals surface area contributed by atoms with E-state index in [0.717, 1.165) is 4.31 Å². The summed E-state index contributed by atoms with van der Waals surface area (Å²) in [6.07, 6.45) is 2.91. The van der Waals surface area contributed by atoms with Crippen LogP contribution in [-0.2, 0) is 20.6 Å². The Bertz CT molecular complexity index is 597. The van der Waals surface area contributed by atoms with Crippen LogP contribution in [0.25, 0.3) is 0 Å². The lowest BCUT2D eigenvalue weighted by Crippen LogP contribution is -2.53. The molecule has 98 valence electrons. The largest absolute Gasteiger partial charge is 0.295 e. The summed E-state index contributed by atoms with van der Waals surface area (Å²) in [5.41, 5.74) is -0.00877. The zero-order valence-electron chi connectivity index (χ0n) is 9.53. The maximum absolute atomic E-state index is 12.2. The molecule has 1 aromatic rings. The van der Waals surface area contributed by atoms with E-state index in [4.69, 9.17) is 0 Å². The molecule has 0 saturated carbocycles. The number of hydrogen-bond donors (Lipinski definition) is 1.